The van der Waals surface area contributed by atoms with Crippen LogP contribution in [0.15, 0.2) is 66.7 Å². The number of carbonyl (C=O) groups excluding carboxylic acids is 1. The van der Waals surface area contributed by atoms with Gasteiger partial charge in [0, 0.05) is 28.2 Å². The molecule has 1 amide bonds. The number of amides is 1. The van der Waals surface area contributed by atoms with Crippen LogP contribution in [0.1, 0.15) is 33.2 Å². The van der Waals surface area contributed by atoms with Crippen molar-refractivity contribution in [2.24, 2.45) is 0 Å². The van der Waals surface area contributed by atoms with Gasteiger partial charge in [-0.25, -0.2) is 4.39 Å². The standard InChI is InChI=1S/C25H20ClFN2O2/c1-31-17-9-6-15(7-10-17)24-23-18(20-14-16(26)8-11-22(20)28-23)12-13-29(24)25(30)19-4-2-3-5-21(19)27/h2-11,14,24,28H,12-13H2,1H3. The third-order valence-corrected chi connectivity index (χ3v) is 6.12. The molecule has 156 valence electrons. The number of benzene rings is 3. The van der Waals surface area contributed by atoms with Gasteiger partial charge in [-0.2, -0.15) is 0 Å². The third-order valence-electron chi connectivity index (χ3n) is 5.89. The van der Waals surface area contributed by atoms with Gasteiger partial charge in [-0.05, 0) is 60.0 Å². The molecule has 4 aromatic rings. The summed E-state index contributed by atoms with van der Waals surface area (Å²) in [5, 5.41) is 1.72. The maximum Gasteiger partial charge on any atom is 0.257 e. The van der Waals surface area contributed by atoms with Crippen LogP contribution >= 0.6 is 11.6 Å². The number of nitrogens with one attached hydrogen (secondary N) is 1. The minimum atomic E-state index is -0.518. The molecule has 0 radical (unpaired) electrons. The van der Waals surface area contributed by atoms with Gasteiger partial charge in [-0.1, -0.05) is 35.9 Å². The molecule has 1 aliphatic rings. The molecule has 1 atom stereocenters. The number of methoxy groups -OCH3 is 1. The summed E-state index contributed by atoms with van der Waals surface area (Å²) in [5.41, 5.74) is 4.02. The molecule has 2 heterocycles. The molecule has 3 aromatic carbocycles. The van der Waals surface area contributed by atoms with Crippen LogP contribution in [0.25, 0.3) is 10.9 Å². The largest absolute Gasteiger partial charge is 0.497 e. The fourth-order valence-electron chi connectivity index (χ4n) is 4.40. The summed E-state index contributed by atoms with van der Waals surface area (Å²) in [7, 11) is 1.61. The molecule has 0 saturated carbocycles. The second kappa shape index (κ2) is 7.75. The lowest BCUT2D eigenvalue weighted by Crippen LogP contribution is -2.41. The summed E-state index contributed by atoms with van der Waals surface area (Å²) in [6, 6.07) is 19.1. The number of hydrogen-bond acceptors (Lipinski definition) is 2. The van der Waals surface area contributed by atoms with Gasteiger partial charge < -0.3 is 14.6 Å². The molecule has 0 saturated heterocycles. The first-order valence-corrected chi connectivity index (χ1v) is 10.4. The average molecular weight is 435 g/mol. The van der Waals surface area contributed by atoms with Crippen molar-refractivity contribution in [3.05, 3.63) is 100.0 Å². The van der Waals surface area contributed by atoms with Crippen LogP contribution < -0.4 is 4.74 Å². The molecule has 0 spiro atoms. The van der Waals surface area contributed by atoms with Gasteiger partial charge in [0.15, 0.2) is 0 Å². The van der Waals surface area contributed by atoms with Gasteiger partial charge in [-0.15, -0.1) is 0 Å². The summed E-state index contributed by atoms with van der Waals surface area (Å²) in [4.78, 5) is 18.7. The van der Waals surface area contributed by atoms with Crippen molar-refractivity contribution < 1.29 is 13.9 Å². The molecule has 5 rings (SSSR count). The van der Waals surface area contributed by atoms with E-state index in [0.29, 0.717) is 18.0 Å². The highest BCUT2D eigenvalue weighted by Crippen LogP contribution is 2.40. The van der Waals surface area contributed by atoms with Gasteiger partial charge in [0.05, 0.1) is 18.7 Å². The molecule has 1 N–H and O–H groups in total. The van der Waals surface area contributed by atoms with E-state index in [1.165, 1.54) is 12.1 Å². The van der Waals surface area contributed by atoms with Crippen LogP contribution in [0, 0.1) is 5.82 Å². The molecule has 1 unspecified atom stereocenters. The van der Waals surface area contributed by atoms with Crippen molar-refractivity contribution in [1.82, 2.24) is 9.88 Å². The highest BCUT2D eigenvalue weighted by Gasteiger charge is 2.35. The lowest BCUT2D eigenvalue weighted by Gasteiger charge is -2.36. The van der Waals surface area contributed by atoms with Gasteiger partial charge in [0.25, 0.3) is 5.91 Å². The Balaban J connectivity index is 1.67. The highest BCUT2D eigenvalue weighted by molar-refractivity contribution is 6.31. The SMILES string of the molecule is COc1ccc(C2c3[nH]c4ccc(Cl)cc4c3CCN2C(=O)c2ccccc2F)cc1. The molecule has 0 fully saturated rings. The number of carbonyl (C=O) groups is 1. The highest BCUT2D eigenvalue weighted by atomic mass is 35.5. The number of hydrogen-bond donors (Lipinski definition) is 1. The Labute approximate surface area is 184 Å². The first-order valence-electron chi connectivity index (χ1n) is 10.1. The van der Waals surface area contributed by atoms with Gasteiger partial charge in [-0.3, -0.25) is 4.79 Å². The van der Waals surface area contributed by atoms with Crippen molar-refractivity contribution in [2.75, 3.05) is 13.7 Å². The molecule has 1 aromatic heterocycles. The van der Waals surface area contributed by atoms with E-state index in [0.717, 1.165) is 33.5 Å². The number of nitrogens with zero attached hydrogens (tertiary/aromatic N) is 1. The zero-order chi connectivity index (χ0) is 21.5. The van der Waals surface area contributed by atoms with Crippen LogP contribution in [-0.2, 0) is 6.42 Å². The minimum Gasteiger partial charge on any atom is -0.497 e. The summed E-state index contributed by atoms with van der Waals surface area (Å²) in [6.07, 6.45) is 0.655. The molecular weight excluding hydrogens is 415 g/mol. The van der Waals surface area contributed by atoms with Crippen molar-refractivity contribution in [3.63, 3.8) is 0 Å². The maximum absolute atomic E-state index is 14.4. The second-order valence-corrected chi connectivity index (χ2v) is 8.05. The quantitative estimate of drug-likeness (QED) is 0.445. The Kier molecular flexibility index (Phi) is 4.91. The van der Waals surface area contributed by atoms with Crippen molar-refractivity contribution >= 4 is 28.4 Å². The van der Waals surface area contributed by atoms with Crippen LogP contribution in [-0.4, -0.2) is 29.4 Å². The number of fused-ring (bicyclic) bond motifs is 3. The predicted molar refractivity (Wildman–Crippen MR) is 119 cm³/mol. The number of rotatable bonds is 3. The minimum absolute atomic E-state index is 0.0728. The van der Waals surface area contributed by atoms with E-state index in [4.69, 9.17) is 16.3 Å². The Hall–Kier alpha value is -3.31. The van der Waals surface area contributed by atoms with Crippen LogP contribution in [0.5, 0.6) is 5.75 Å². The molecule has 0 aliphatic carbocycles. The average Bonchev–Trinajstić information content (AvgIpc) is 3.16. The number of H-pyrrole nitrogens is 1. The van der Waals surface area contributed by atoms with Crippen molar-refractivity contribution in [2.45, 2.75) is 12.5 Å². The van der Waals surface area contributed by atoms with Crippen LogP contribution in [0.2, 0.25) is 5.02 Å². The van der Waals surface area contributed by atoms with E-state index in [-0.39, 0.29) is 17.5 Å². The summed E-state index contributed by atoms with van der Waals surface area (Å²) in [6.45, 7) is 0.469. The smallest absolute Gasteiger partial charge is 0.257 e. The van der Waals surface area contributed by atoms with Crippen LogP contribution in [0.3, 0.4) is 0 Å². The van der Waals surface area contributed by atoms with Crippen molar-refractivity contribution in [1.29, 1.82) is 0 Å². The van der Waals surface area contributed by atoms with E-state index in [1.807, 2.05) is 42.5 Å². The lowest BCUT2D eigenvalue weighted by molar-refractivity contribution is 0.0687. The molecule has 31 heavy (non-hydrogen) atoms. The number of aromatic nitrogens is 1. The fraction of sp³-hybridized carbons (Fsp3) is 0.160. The maximum atomic E-state index is 14.4. The van der Waals surface area contributed by atoms with Gasteiger partial charge in [0.2, 0.25) is 0 Å². The van der Waals surface area contributed by atoms with E-state index in [2.05, 4.69) is 4.98 Å². The zero-order valence-corrected chi connectivity index (χ0v) is 17.6. The van der Waals surface area contributed by atoms with E-state index in [9.17, 15) is 9.18 Å². The van der Waals surface area contributed by atoms with E-state index < -0.39 is 5.82 Å². The first kappa shape index (κ1) is 19.6. The van der Waals surface area contributed by atoms with Crippen molar-refractivity contribution in [3.8, 4) is 5.75 Å². The molecule has 4 nitrogen and oxygen atoms in total. The van der Waals surface area contributed by atoms with E-state index >= 15 is 0 Å². The monoisotopic (exact) mass is 434 g/mol. The molecular formula is C25H20ClFN2O2. The Morgan fingerprint density at radius 3 is 2.65 bits per heavy atom. The van der Waals surface area contributed by atoms with Gasteiger partial charge >= 0.3 is 0 Å². The Bertz CT molecular complexity index is 1280. The Morgan fingerprint density at radius 2 is 1.90 bits per heavy atom. The topological polar surface area (TPSA) is 45.3 Å². The Morgan fingerprint density at radius 1 is 1.13 bits per heavy atom. The van der Waals surface area contributed by atoms with Crippen LogP contribution in [0.4, 0.5) is 4.39 Å². The zero-order valence-electron chi connectivity index (χ0n) is 16.9. The normalized spacial score (nSPS) is 15.7. The fourth-order valence-corrected chi connectivity index (χ4v) is 4.57. The number of ether oxygens (including phenoxy) is 1. The number of halogens is 2. The molecule has 6 heteroatoms. The number of aromatic amines is 1. The molecule has 1 aliphatic heterocycles. The predicted octanol–water partition coefficient (Wildman–Crippen LogP) is 5.76. The second-order valence-electron chi connectivity index (χ2n) is 7.61. The molecule has 0 bridgehead atoms. The third kappa shape index (κ3) is 3.35. The lowest BCUT2D eigenvalue weighted by atomic mass is 9.91. The van der Waals surface area contributed by atoms with E-state index in [1.54, 1.807) is 24.1 Å². The van der Waals surface area contributed by atoms with Gasteiger partial charge in [0.1, 0.15) is 11.6 Å². The summed E-state index contributed by atoms with van der Waals surface area (Å²) < 4.78 is 19.7. The first-order chi connectivity index (χ1) is 15.1. The summed E-state index contributed by atoms with van der Waals surface area (Å²) >= 11 is 6.25. The summed E-state index contributed by atoms with van der Waals surface area (Å²) in [5.74, 6) is -0.119.